The second-order valence-electron chi connectivity index (χ2n) is 11.1. The zero-order valence-corrected chi connectivity index (χ0v) is 25.8. The largest absolute Gasteiger partial charge is 0.504 e. The van der Waals surface area contributed by atoms with Gasteiger partial charge in [0.05, 0.1) is 12.6 Å². The Morgan fingerprint density at radius 3 is 2.54 bits per heavy atom. The Bertz CT molecular complexity index is 1700. The van der Waals surface area contributed by atoms with E-state index >= 15 is 0 Å². The summed E-state index contributed by atoms with van der Waals surface area (Å²) >= 11 is 0. The van der Waals surface area contributed by atoms with Gasteiger partial charge >= 0.3 is 0 Å². The van der Waals surface area contributed by atoms with Crippen molar-refractivity contribution in [3.8, 4) is 23.0 Å². The number of ether oxygens (including phenoxy) is 2. The van der Waals surface area contributed by atoms with Gasteiger partial charge < -0.3 is 29.9 Å². The molecule has 2 amide bonds. The van der Waals surface area contributed by atoms with Crippen LogP contribution in [0, 0.1) is 13.8 Å². The third-order valence-corrected chi connectivity index (χ3v) is 7.91. The Morgan fingerprint density at radius 1 is 1.04 bits per heavy atom. The fourth-order valence-electron chi connectivity index (χ4n) is 5.73. The van der Waals surface area contributed by atoms with Crippen molar-refractivity contribution in [3.05, 3.63) is 94.6 Å². The Morgan fingerprint density at radius 2 is 1.80 bits per heavy atom. The van der Waals surface area contributed by atoms with Gasteiger partial charge in [-0.15, -0.1) is 0 Å². The highest BCUT2D eigenvalue weighted by atomic mass is 16.5. The Balaban J connectivity index is 0.00000134. The SMILES string of the molecule is Cc1nc(C)n(CC(=O)N2CCc3cc4ccc3C2c2ccc(cc2)OCCCNC(=O)CCc2ccc(O)c(c2)O4)n1.O=CO. The monoisotopic (exact) mass is 627 g/mol. The summed E-state index contributed by atoms with van der Waals surface area (Å²) in [5.41, 5.74) is 3.94. The molecule has 0 saturated heterocycles. The van der Waals surface area contributed by atoms with E-state index in [1.807, 2.05) is 61.2 Å². The van der Waals surface area contributed by atoms with Gasteiger partial charge in [0.1, 0.15) is 29.7 Å². The summed E-state index contributed by atoms with van der Waals surface area (Å²) in [6, 6.07) is 18.5. The van der Waals surface area contributed by atoms with Gasteiger partial charge in [-0.25, -0.2) is 9.67 Å². The Hall–Kier alpha value is -5.39. The molecule has 4 aromatic rings. The van der Waals surface area contributed by atoms with Gasteiger partial charge in [0.2, 0.25) is 11.8 Å². The second kappa shape index (κ2) is 14.6. The van der Waals surface area contributed by atoms with E-state index in [-0.39, 0.29) is 36.6 Å². The van der Waals surface area contributed by atoms with Crippen LogP contribution in [0.4, 0.5) is 0 Å². The van der Waals surface area contributed by atoms with Crippen LogP contribution in [0.3, 0.4) is 0 Å². The lowest BCUT2D eigenvalue weighted by Gasteiger charge is -2.38. The lowest BCUT2D eigenvalue weighted by Crippen LogP contribution is -2.42. The molecular formula is C34H37N5O7. The normalized spacial score (nSPS) is 16.2. The van der Waals surface area contributed by atoms with E-state index in [1.165, 1.54) is 0 Å². The van der Waals surface area contributed by atoms with Crippen LogP contribution >= 0.6 is 0 Å². The smallest absolute Gasteiger partial charge is 0.290 e. The predicted octanol–water partition coefficient (Wildman–Crippen LogP) is 4.10. The minimum absolute atomic E-state index is 0.0256. The third-order valence-electron chi connectivity index (χ3n) is 7.91. The number of aromatic nitrogens is 3. The summed E-state index contributed by atoms with van der Waals surface area (Å²) in [6.45, 7) is 5.02. The molecule has 0 aliphatic carbocycles. The standard InChI is InChI=1S/C33H35N5O5.CH2O2/c1-21-35-22(2)38(36-21)20-32(41)37-16-14-25-19-27-10-11-28(25)33(37)24-6-8-26(9-7-24)42-17-3-15-34-31(40)13-5-23-4-12-29(39)30(18-23)43-27;2-1-3/h4,6-12,18-19,33,39H,3,5,13-17,20H2,1-2H3,(H,34,40);1H,(H,2,3). The lowest BCUT2D eigenvalue weighted by atomic mass is 9.88. The fourth-order valence-corrected chi connectivity index (χ4v) is 5.73. The number of nitrogens with one attached hydrogen (secondary N) is 1. The molecule has 6 heterocycles. The van der Waals surface area contributed by atoms with E-state index in [2.05, 4.69) is 15.4 Å². The van der Waals surface area contributed by atoms with Crippen LogP contribution in [0.15, 0.2) is 60.7 Å². The van der Waals surface area contributed by atoms with Gasteiger partial charge in [0, 0.05) is 19.5 Å². The molecule has 3 N–H and O–H groups in total. The second-order valence-corrected chi connectivity index (χ2v) is 11.1. The van der Waals surface area contributed by atoms with E-state index in [0.29, 0.717) is 68.5 Å². The van der Waals surface area contributed by atoms with Crippen LogP contribution in [-0.2, 0) is 33.8 Å². The molecule has 12 nitrogen and oxygen atoms in total. The molecule has 5 aliphatic rings. The van der Waals surface area contributed by atoms with Gasteiger partial charge in [0.15, 0.2) is 11.5 Å². The summed E-state index contributed by atoms with van der Waals surface area (Å²) < 4.78 is 13.7. The molecule has 240 valence electrons. The van der Waals surface area contributed by atoms with E-state index < -0.39 is 0 Å². The number of aromatic hydroxyl groups is 1. The summed E-state index contributed by atoms with van der Waals surface area (Å²) in [5.74, 6) is 2.93. The molecule has 3 aromatic carbocycles. The van der Waals surface area contributed by atoms with Crippen LogP contribution in [-0.4, -0.2) is 67.9 Å². The number of carboxylic acid groups (broad SMARTS) is 1. The first kappa shape index (κ1) is 32.0. The number of nitrogens with zero attached hydrogens (tertiary/aromatic N) is 4. The number of phenolic OH excluding ortho intramolecular Hbond substituents is 1. The molecule has 5 aliphatic heterocycles. The molecular weight excluding hydrogens is 590 g/mol. The van der Waals surface area contributed by atoms with E-state index in [0.717, 1.165) is 28.0 Å². The number of carbonyl (C=O) groups is 3. The summed E-state index contributed by atoms with van der Waals surface area (Å²) in [5, 5.41) is 24.7. The van der Waals surface area contributed by atoms with E-state index in [4.69, 9.17) is 19.4 Å². The number of phenols is 1. The minimum Gasteiger partial charge on any atom is -0.504 e. The first-order chi connectivity index (χ1) is 22.2. The van der Waals surface area contributed by atoms with Crippen LogP contribution in [0.25, 0.3) is 0 Å². The zero-order valence-electron chi connectivity index (χ0n) is 25.8. The molecule has 1 atom stereocenters. The van der Waals surface area contributed by atoms with Gasteiger partial charge in [-0.1, -0.05) is 24.3 Å². The molecule has 1 unspecified atom stereocenters. The molecule has 0 radical (unpaired) electrons. The maximum absolute atomic E-state index is 13.8. The number of carbonyl (C=O) groups excluding carboxylic acids is 2. The molecule has 12 heteroatoms. The average Bonchev–Trinajstić information content (AvgIpc) is 3.36. The highest BCUT2D eigenvalue weighted by Crippen LogP contribution is 2.39. The van der Waals surface area contributed by atoms with Crippen LogP contribution in [0.5, 0.6) is 23.0 Å². The first-order valence-electron chi connectivity index (χ1n) is 15.1. The average molecular weight is 628 g/mol. The van der Waals surface area contributed by atoms with Crippen LogP contribution in [0.1, 0.15) is 52.8 Å². The lowest BCUT2D eigenvalue weighted by molar-refractivity contribution is -0.134. The molecule has 46 heavy (non-hydrogen) atoms. The zero-order chi connectivity index (χ0) is 32.6. The summed E-state index contributed by atoms with van der Waals surface area (Å²) in [7, 11) is 0. The fraction of sp³-hybridized carbons (Fsp3) is 0.324. The quantitative estimate of drug-likeness (QED) is 0.279. The van der Waals surface area contributed by atoms with E-state index in [1.54, 1.807) is 22.9 Å². The maximum atomic E-state index is 13.8. The topological polar surface area (TPSA) is 156 Å². The molecule has 0 spiro atoms. The number of hydrogen-bond donors (Lipinski definition) is 3. The molecule has 8 bridgehead atoms. The number of aryl methyl sites for hydroxylation is 3. The predicted molar refractivity (Wildman–Crippen MR) is 168 cm³/mol. The van der Waals surface area contributed by atoms with Crippen molar-refractivity contribution in [1.82, 2.24) is 25.0 Å². The third kappa shape index (κ3) is 7.63. The molecule has 9 rings (SSSR count). The van der Waals surface area contributed by atoms with Gasteiger partial charge in [-0.2, -0.15) is 5.10 Å². The number of rotatable bonds is 2. The van der Waals surface area contributed by atoms with Crippen molar-refractivity contribution in [2.24, 2.45) is 0 Å². The van der Waals surface area contributed by atoms with E-state index in [9.17, 15) is 14.7 Å². The Labute approximate surface area is 266 Å². The molecule has 0 saturated carbocycles. The van der Waals surface area contributed by atoms with Gasteiger partial charge in [-0.05, 0) is 91.8 Å². The summed E-state index contributed by atoms with van der Waals surface area (Å²) in [6.07, 6.45) is 2.17. The van der Waals surface area contributed by atoms with Crippen LogP contribution in [0.2, 0.25) is 0 Å². The van der Waals surface area contributed by atoms with Gasteiger partial charge in [0.25, 0.3) is 6.47 Å². The van der Waals surface area contributed by atoms with Crippen LogP contribution < -0.4 is 14.8 Å². The minimum atomic E-state index is -0.315. The number of benzene rings is 3. The highest BCUT2D eigenvalue weighted by molar-refractivity contribution is 5.78. The summed E-state index contributed by atoms with van der Waals surface area (Å²) in [4.78, 5) is 40.7. The van der Waals surface area contributed by atoms with Gasteiger partial charge in [-0.3, -0.25) is 14.4 Å². The number of amides is 2. The highest BCUT2D eigenvalue weighted by Gasteiger charge is 2.33. The molecule has 1 aromatic heterocycles. The van der Waals surface area contributed by atoms with Crippen molar-refractivity contribution in [1.29, 1.82) is 0 Å². The number of hydrogen-bond acceptors (Lipinski definition) is 8. The Kier molecular flexibility index (Phi) is 10.2. The van der Waals surface area contributed by atoms with Crippen molar-refractivity contribution in [2.45, 2.75) is 52.1 Å². The first-order valence-corrected chi connectivity index (χ1v) is 15.1. The van der Waals surface area contributed by atoms with Crippen molar-refractivity contribution in [2.75, 3.05) is 19.7 Å². The molecule has 0 fully saturated rings. The maximum Gasteiger partial charge on any atom is 0.290 e. The van der Waals surface area contributed by atoms with Crippen molar-refractivity contribution < 1.29 is 34.1 Å². The van der Waals surface area contributed by atoms with Crippen molar-refractivity contribution in [3.63, 3.8) is 0 Å². The van der Waals surface area contributed by atoms with Crippen molar-refractivity contribution >= 4 is 18.3 Å².